The van der Waals surface area contributed by atoms with Crippen LogP contribution in [-0.2, 0) is 4.18 Å². The van der Waals surface area contributed by atoms with E-state index in [9.17, 15) is 0 Å². The minimum absolute atomic E-state index is 0.708. The Bertz CT molecular complexity index is 57.1. The molecule has 1 aliphatic heterocycles. The van der Waals surface area contributed by atoms with Crippen LogP contribution < -0.4 is 0 Å². The standard InChI is InChI=1S/C5H10OS/c1-4-3-6-7-5(4)2/h4-5H,3H2,1-2H3. The zero-order valence-electron chi connectivity index (χ0n) is 4.68. The molecular formula is C5H10OS. The molecule has 2 atom stereocenters. The van der Waals surface area contributed by atoms with Crippen LogP contribution in [0.25, 0.3) is 0 Å². The average Bonchev–Trinajstić information content (AvgIpc) is 1.91. The van der Waals surface area contributed by atoms with E-state index in [4.69, 9.17) is 4.18 Å². The fourth-order valence-electron chi connectivity index (χ4n) is 0.484. The second-order valence-electron chi connectivity index (χ2n) is 2.06. The second kappa shape index (κ2) is 2.05. The lowest BCUT2D eigenvalue weighted by atomic mass is 10.1. The zero-order chi connectivity index (χ0) is 5.28. The van der Waals surface area contributed by atoms with Gasteiger partial charge in [0, 0.05) is 5.25 Å². The Morgan fingerprint density at radius 2 is 2.29 bits per heavy atom. The maximum absolute atomic E-state index is 5.09. The molecule has 1 fully saturated rings. The molecule has 7 heavy (non-hydrogen) atoms. The molecule has 0 bridgehead atoms. The predicted molar refractivity (Wildman–Crippen MR) is 32.2 cm³/mol. The summed E-state index contributed by atoms with van der Waals surface area (Å²) in [4.78, 5) is 0. The largest absolute Gasteiger partial charge is 0.315 e. The van der Waals surface area contributed by atoms with Crippen LogP contribution in [-0.4, -0.2) is 11.9 Å². The first kappa shape index (κ1) is 5.45. The SMILES string of the molecule is CC1COSC1C. The quantitative estimate of drug-likeness (QED) is 0.448. The maximum atomic E-state index is 5.09. The summed E-state index contributed by atoms with van der Waals surface area (Å²) in [7, 11) is 0. The highest BCUT2D eigenvalue weighted by Gasteiger charge is 2.20. The van der Waals surface area contributed by atoms with Gasteiger partial charge in [0.15, 0.2) is 0 Å². The Morgan fingerprint density at radius 1 is 1.57 bits per heavy atom. The first-order valence-electron chi connectivity index (χ1n) is 2.59. The van der Waals surface area contributed by atoms with E-state index < -0.39 is 0 Å². The van der Waals surface area contributed by atoms with Crippen molar-refractivity contribution in [1.29, 1.82) is 0 Å². The monoisotopic (exact) mass is 118 g/mol. The van der Waals surface area contributed by atoms with E-state index in [1.165, 1.54) is 0 Å². The Balaban J connectivity index is 2.33. The third kappa shape index (κ3) is 1.10. The van der Waals surface area contributed by atoms with Crippen molar-refractivity contribution in [2.24, 2.45) is 5.92 Å². The second-order valence-corrected chi connectivity index (χ2v) is 3.23. The van der Waals surface area contributed by atoms with Gasteiger partial charge in [0.25, 0.3) is 0 Å². The molecule has 0 aromatic rings. The molecule has 0 aromatic carbocycles. The van der Waals surface area contributed by atoms with Crippen LogP contribution in [0.1, 0.15) is 13.8 Å². The van der Waals surface area contributed by atoms with Gasteiger partial charge in [-0.2, -0.15) is 0 Å². The van der Waals surface area contributed by atoms with Gasteiger partial charge in [-0.05, 0) is 18.0 Å². The highest BCUT2D eigenvalue weighted by atomic mass is 32.2. The Morgan fingerprint density at radius 3 is 2.43 bits per heavy atom. The van der Waals surface area contributed by atoms with Crippen molar-refractivity contribution in [2.75, 3.05) is 6.61 Å². The van der Waals surface area contributed by atoms with Gasteiger partial charge in [0.2, 0.25) is 0 Å². The third-order valence-electron chi connectivity index (χ3n) is 1.35. The summed E-state index contributed by atoms with van der Waals surface area (Å²) >= 11 is 1.61. The highest BCUT2D eigenvalue weighted by molar-refractivity contribution is 7.95. The summed E-state index contributed by atoms with van der Waals surface area (Å²) in [6, 6.07) is 0. The fraction of sp³-hybridized carbons (Fsp3) is 1.00. The third-order valence-corrected chi connectivity index (χ3v) is 2.39. The van der Waals surface area contributed by atoms with Crippen molar-refractivity contribution in [3.63, 3.8) is 0 Å². The smallest absolute Gasteiger partial charge is 0.0650 e. The van der Waals surface area contributed by atoms with Crippen molar-refractivity contribution < 1.29 is 4.18 Å². The number of hydrogen-bond acceptors (Lipinski definition) is 2. The summed E-state index contributed by atoms with van der Waals surface area (Å²) in [6.07, 6.45) is 0. The summed E-state index contributed by atoms with van der Waals surface area (Å²) in [5.74, 6) is 0.755. The van der Waals surface area contributed by atoms with E-state index in [1.54, 1.807) is 12.0 Å². The van der Waals surface area contributed by atoms with Gasteiger partial charge in [-0.3, -0.25) is 0 Å². The highest BCUT2D eigenvalue weighted by Crippen LogP contribution is 2.28. The van der Waals surface area contributed by atoms with E-state index in [2.05, 4.69) is 13.8 Å². The van der Waals surface area contributed by atoms with Gasteiger partial charge in [-0.25, -0.2) is 0 Å². The molecule has 1 aliphatic rings. The molecule has 0 spiro atoms. The number of hydrogen-bond donors (Lipinski definition) is 0. The lowest BCUT2D eigenvalue weighted by Crippen LogP contribution is -2.04. The maximum Gasteiger partial charge on any atom is 0.0650 e. The average molecular weight is 118 g/mol. The van der Waals surface area contributed by atoms with E-state index in [-0.39, 0.29) is 0 Å². The van der Waals surface area contributed by atoms with Gasteiger partial charge < -0.3 is 4.18 Å². The zero-order valence-corrected chi connectivity index (χ0v) is 5.49. The minimum atomic E-state index is 0.708. The first-order chi connectivity index (χ1) is 3.30. The lowest BCUT2D eigenvalue weighted by molar-refractivity contribution is 0.346. The Kier molecular flexibility index (Phi) is 1.60. The summed E-state index contributed by atoms with van der Waals surface area (Å²) in [5, 5.41) is 0.708. The van der Waals surface area contributed by atoms with Crippen LogP contribution >= 0.6 is 12.0 Å². The van der Waals surface area contributed by atoms with Crippen LogP contribution in [0, 0.1) is 5.92 Å². The molecule has 1 nitrogen and oxygen atoms in total. The van der Waals surface area contributed by atoms with Gasteiger partial charge in [-0.1, -0.05) is 13.8 Å². The van der Waals surface area contributed by atoms with Gasteiger partial charge >= 0.3 is 0 Å². The van der Waals surface area contributed by atoms with E-state index in [1.807, 2.05) is 0 Å². The van der Waals surface area contributed by atoms with Crippen LogP contribution in [0.2, 0.25) is 0 Å². The molecule has 0 aromatic heterocycles. The van der Waals surface area contributed by atoms with Crippen LogP contribution in [0.3, 0.4) is 0 Å². The summed E-state index contributed by atoms with van der Waals surface area (Å²) in [5.41, 5.74) is 0. The molecule has 0 saturated carbocycles. The van der Waals surface area contributed by atoms with E-state index in [0.717, 1.165) is 12.5 Å². The molecule has 1 saturated heterocycles. The van der Waals surface area contributed by atoms with Gasteiger partial charge in [0.05, 0.1) is 6.61 Å². The normalized spacial score (nSPS) is 42.0. The number of rotatable bonds is 0. The van der Waals surface area contributed by atoms with Crippen LogP contribution in [0.5, 0.6) is 0 Å². The van der Waals surface area contributed by atoms with Crippen molar-refractivity contribution in [3.05, 3.63) is 0 Å². The Hall–Kier alpha value is 0.310. The fourth-order valence-corrected chi connectivity index (χ4v) is 1.26. The molecule has 0 amide bonds. The van der Waals surface area contributed by atoms with Crippen molar-refractivity contribution in [1.82, 2.24) is 0 Å². The molecular weight excluding hydrogens is 108 g/mol. The van der Waals surface area contributed by atoms with E-state index >= 15 is 0 Å². The van der Waals surface area contributed by atoms with Gasteiger partial charge in [0.1, 0.15) is 0 Å². The van der Waals surface area contributed by atoms with Gasteiger partial charge in [-0.15, -0.1) is 0 Å². The molecule has 1 heterocycles. The molecule has 0 N–H and O–H groups in total. The minimum Gasteiger partial charge on any atom is -0.315 e. The molecule has 2 unspecified atom stereocenters. The topological polar surface area (TPSA) is 9.23 Å². The van der Waals surface area contributed by atoms with Crippen molar-refractivity contribution in [3.8, 4) is 0 Å². The summed E-state index contributed by atoms with van der Waals surface area (Å²) < 4.78 is 5.09. The lowest BCUT2D eigenvalue weighted by Gasteiger charge is -1.99. The summed E-state index contributed by atoms with van der Waals surface area (Å²) in [6.45, 7) is 5.35. The first-order valence-corrected chi connectivity index (χ1v) is 3.39. The van der Waals surface area contributed by atoms with Crippen LogP contribution in [0.4, 0.5) is 0 Å². The molecule has 42 valence electrons. The molecule has 0 radical (unpaired) electrons. The Labute approximate surface area is 48.6 Å². The van der Waals surface area contributed by atoms with Crippen molar-refractivity contribution >= 4 is 12.0 Å². The molecule has 2 heteroatoms. The molecule has 0 aliphatic carbocycles. The van der Waals surface area contributed by atoms with Crippen LogP contribution in [0.15, 0.2) is 0 Å². The predicted octanol–water partition coefficient (Wildman–Crippen LogP) is 1.69. The molecule has 1 rings (SSSR count). The van der Waals surface area contributed by atoms with E-state index in [0.29, 0.717) is 5.25 Å². The van der Waals surface area contributed by atoms with Crippen molar-refractivity contribution in [2.45, 2.75) is 19.1 Å².